The van der Waals surface area contributed by atoms with E-state index in [2.05, 4.69) is 15.3 Å². The van der Waals surface area contributed by atoms with Crippen LogP contribution in [0.5, 0.6) is 0 Å². The third-order valence-corrected chi connectivity index (χ3v) is 4.72. The van der Waals surface area contributed by atoms with Crippen LogP contribution in [0.15, 0.2) is 10.4 Å². The smallest absolute Gasteiger partial charge is 0.434 e. The van der Waals surface area contributed by atoms with Crippen LogP contribution in [-0.4, -0.2) is 49.1 Å². The van der Waals surface area contributed by atoms with Crippen molar-refractivity contribution in [1.82, 2.24) is 15.2 Å². The van der Waals surface area contributed by atoms with E-state index in [0.29, 0.717) is 24.1 Å². The molecule has 1 aliphatic heterocycles. The number of carbonyl (C=O) groups excluding carboxylic acids is 1. The van der Waals surface area contributed by atoms with Crippen molar-refractivity contribution in [2.45, 2.75) is 19.6 Å². The lowest BCUT2D eigenvalue weighted by atomic mass is 9.99. The summed E-state index contributed by atoms with van der Waals surface area (Å²) in [6.07, 6.45) is -4.44. The molecule has 10 heteroatoms. The number of thiazole rings is 1. The number of nitrogens with one attached hydrogen (secondary N) is 1. The standard InChI is InChI=1S/C14H19F3N4O2S/c1-8-5-21(6-9(8)12(22)23-3)13(18-2)19-4-11-20-10(7-24-11)14(15,16)17/h7-9H,4-6H2,1-3H3,(H,18,19). The Morgan fingerprint density at radius 3 is 2.79 bits per heavy atom. The Hall–Kier alpha value is -1.84. The van der Waals surface area contributed by atoms with Crippen molar-refractivity contribution in [1.29, 1.82) is 0 Å². The Kier molecular flexibility index (Phi) is 5.68. The van der Waals surface area contributed by atoms with Crippen molar-refractivity contribution in [2.75, 3.05) is 27.2 Å². The molecule has 1 saturated heterocycles. The highest BCUT2D eigenvalue weighted by molar-refractivity contribution is 7.09. The van der Waals surface area contributed by atoms with Crippen LogP contribution in [0.2, 0.25) is 0 Å². The predicted octanol–water partition coefficient (Wildman–Crippen LogP) is 1.98. The van der Waals surface area contributed by atoms with E-state index in [1.54, 1.807) is 7.05 Å². The Balaban J connectivity index is 1.96. The van der Waals surface area contributed by atoms with Gasteiger partial charge in [0.1, 0.15) is 5.01 Å². The molecule has 0 aromatic carbocycles. The summed E-state index contributed by atoms with van der Waals surface area (Å²) in [5.41, 5.74) is -0.889. The van der Waals surface area contributed by atoms with Crippen molar-refractivity contribution >= 4 is 23.3 Å². The van der Waals surface area contributed by atoms with Gasteiger partial charge in [-0.3, -0.25) is 9.79 Å². The Labute approximate surface area is 141 Å². The van der Waals surface area contributed by atoms with Crippen LogP contribution >= 0.6 is 11.3 Å². The maximum atomic E-state index is 12.6. The van der Waals surface area contributed by atoms with Crippen LogP contribution in [-0.2, 0) is 22.3 Å². The number of methoxy groups -OCH3 is 1. The highest BCUT2D eigenvalue weighted by Crippen LogP contribution is 2.30. The topological polar surface area (TPSA) is 66.8 Å². The molecule has 24 heavy (non-hydrogen) atoms. The molecule has 0 aliphatic carbocycles. The molecule has 0 saturated carbocycles. The Morgan fingerprint density at radius 1 is 1.54 bits per heavy atom. The molecule has 1 aromatic heterocycles. The van der Waals surface area contributed by atoms with E-state index in [1.165, 1.54) is 7.11 Å². The third-order valence-electron chi connectivity index (χ3n) is 3.87. The molecule has 2 rings (SSSR count). The van der Waals surface area contributed by atoms with Gasteiger partial charge in [0.15, 0.2) is 11.7 Å². The summed E-state index contributed by atoms with van der Waals surface area (Å²) in [6, 6.07) is 0. The molecule has 1 aliphatic rings. The zero-order valence-corrected chi connectivity index (χ0v) is 14.4. The summed E-state index contributed by atoms with van der Waals surface area (Å²) in [4.78, 5) is 21.3. The zero-order chi connectivity index (χ0) is 17.9. The van der Waals surface area contributed by atoms with Gasteiger partial charge < -0.3 is 15.0 Å². The van der Waals surface area contributed by atoms with E-state index in [9.17, 15) is 18.0 Å². The molecular weight excluding hydrogens is 345 g/mol. The van der Waals surface area contributed by atoms with Gasteiger partial charge in [0.25, 0.3) is 0 Å². The first kappa shape index (κ1) is 18.5. The van der Waals surface area contributed by atoms with Gasteiger partial charge in [-0.2, -0.15) is 13.2 Å². The van der Waals surface area contributed by atoms with E-state index in [1.807, 2.05) is 11.8 Å². The average Bonchev–Trinajstić information content (AvgIpc) is 3.14. The number of guanidine groups is 1. The Bertz CT molecular complexity index is 617. The first-order valence-electron chi connectivity index (χ1n) is 7.31. The number of esters is 1. The molecule has 2 unspecified atom stereocenters. The summed E-state index contributed by atoms with van der Waals surface area (Å²) in [5.74, 6) is 0.116. The molecule has 2 atom stereocenters. The SMILES string of the molecule is CN=C(NCc1nc(C(F)(F)F)cs1)N1CC(C)C(C(=O)OC)C1. The van der Waals surface area contributed by atoms with Gasteiger partial charge in [-0.1, -0.05) is 6.92 Å². The average molecular weight is 364 g/mol. The molecule has 1 aromatic rings. The fourth-order valence-electron chi connectivity index (χ4n) is 2.61. The number of nitrogens with zero attached hydrogens (tertiary/aromatic N) is 3. The number of hydrogen-bond acceptors (Lipinski definition) is 5. The summed E-state index contributed by atoms with van der Waals surface area (Å²) in [7, 11) is 2.94. The first-order chi connectivity index (χ1) is 11.3. The lowest BCUT2D eigenvalue weighted by Crippen LogP contribution is -2.40. The van der Waals surface area contributed by atoms with Crippen molar-refractivity contribution in [3.63, 3.8) is 0 Å². The van der Waals surface area contributed by atoms with Crippen LogP contribution in [0.25, 0.3) is 0 Å². The Morgan fingerprint density at radius 2 is 2.25 bits per heavy atom. The van der Waals surface area contributed by atoms with E-state index < -0.39 is 11.9 Å². The monoisotopic (exact) mass is 364 g/mol. The maximum absolute atomic E-state index is 12.6. The van der Waals surface area contributed by atoms with Crippen LogP contribution in [0.3, 0.4) is 0 Å². The maximum Gasteiger partial charge on any atom is 0.434 e. The highest BCUT2D eigenvalue weighted by Gasteiger charge is 2.37. The minimum atomic E-state index is -4.44. The van der Waals surface area contributed by atoms with Crippen LogP contribution < -0.4 is 5.32 Å². The number of halogens is 3. The highest BCUT2D eigenvalue weighted by atomic mass is 32.1. The number of carbonyl (C=O) groups is 1. The first-order valence-corrected chi connectivity index (χ1v) is 8.19. The van der Waals surface area contributed by atoms with Crippen molar-refractivity contribution < 1.29 is 22.7 Å². The molecule has 0 radical (unpaired) electrons. The van der Waals surface area contributed by atoms with Crippen molar-refractivity contribution in [2.24, 2.45) is 16.8 Å². The number of aliphatic imine (C=N–C) groups is 1. The summed E-state index contributed by atoms with van der Waals surface area (Å²) >= 11 is 0.940. The number of alkyl halides is 3. The second-order valence-corrected chi connectivity index (χ2v) is 6.48. The molecule has 6 nitrogen and oxygen atoms in total. The minimum absolute atomic E-state index is 0.104. The van der Waals surface area contributed by atoms with Crippen LogP contribution in [0.1, 0.15) is 17.6 Å². The van der Waals surface area contributed by atoms with Crippen LogP contribution in [0.4, 0.5) is 13.2 Å². The largest absolute Gasteiger partial charge is 0.469 e. The number of likely N-dealkylation sites (tertiary alicyclic amines) is 1. The summed E-state index contributed by atoms with van der Waals surface area (Å²) in [5, 5.41) is 4.31. The van der Waals surface area contributed by atoms with Crippen molar-refractivity contribution in [3.8, 4) is 0 Å². The van der Waals surface area contributed by atoms with Gasteiger partial charge in [-0.15, -0.1) is 11.3 Å². The fourth-order valence-corrected chi connectivity index (χ4v) is 3.35. The molecule has 0 bridgehead atoms. The number of aromatic nitrogens is 1. The number of hydrogen-bond donors (Lipinski definition) is 1. The van der Waals surface area contributed by atoms with Gasteiger partial charge >= 0.3 is 12.1 Å². The number of ether oxygens (including phenoxy) is 1. The van der Waals surface area contributed by atoms with E-state index in [0.717, 1.165) is 16.7 Å². The van der Waals surface area contributed by atoms with E-state index >= 15 is 0 Å². The molecule has 1 N–H and O–H groups in total. The van der Waals surface area contributed by atoms with E-state index in [-0.39, 0.29) is 24.3 Å². The second-order valence-electron chi connectivity index (χ2n) is 5.54. The predicted molar refractivity (Wildman–Crippen MR) is 83.6 cm³/mol. The van der Waals surface area contributed by atoms with Gasteiger partial charge in [-0.05, 0) is 5.92 Å². The molecule has 2 heterocycles. The van der Waals surface area contributed by atoms with Gasteiger partial charge in [0.2, 0.25) is 0 Å². The lowest BCUT2D eigenvalue weighted by molar-refractivity contribution is -0.146. The fraction of sp³-hybridized carbons (Fsp3) is 0.643. The molecular formula is C14H19F3N4O2S. The molecule has 0 spiro atoms. The van der Waals surface area contributed by atoms with Crippen molar-refractivity contribution in [3.05, 3.63) is 16.1 Å². The number of rotatable bonds is 3. The zero-order valence-electron chi connectivity index (χ0n) is 13.6. The van der Waals surface area contributed by atoms with Crippen LogP contribution in [0, 0.1) is 11.8 Å². The van der Waals surface area contributed by atoms with Gasteiger partial charge in [0.05, 0.1) is 19.6 Å². The summed E-state index contributed by atoms with van der Waals surface area (Å²) in [6.45, 7) is 3.16. The van der Waals surface area contributed by atoms with Gasteiger partial charge in [-0.25, -0.2) is 4.98 Å². The minimum Gasteiger partial charge on any atom is -0.469 e. The van der Waals surface area contributed by atoms with E-state index in [4.69, 9.17) is 4.74 Å². The third kappa shape index (κ3) is 4.16. The second kappa shape index (κ2) is 7.37. The molecule has 1 fully saturated rings. The normalized spacial score (nSPS) is 21.9. The summed E-state index contributed by atoms with van der Waals surface area (Å²) < 4.78 is 42.5. The van der Waals surface area contributed by atoms with Gasteiger partial charge in [0, 0.05) is 25.5 Å². The quantitative estimate of drug-likeness (QED) is 0.505. The lowest BCUT2D eigenvalue weighted by Gasteiger charge is -2.21. The molecule has 134 valence electrons. The molecule has 0 amide bonds.